The van der Waals surface area contributed by atoms with Crippen LogP contribution < -0.4 is 18.9 Å². The van der Waals surface area contributed by atoms with Crippen LogP contribution in [0.2, 0.25) is 0 Å². The fraction of sp³-hybridized carbons (Fsp3) is 0.143. The van der Waals surface area contributed by atoms with Gasteiger partial charge in [-0.25, -0.2) is 0 Å². The van der Waals surface area contributed by atoms with Crippen LogP contribution >= 0.6 is 0 Å². The van der Waals surface area contributed by atoms with Crippen LogP contribution in [0.3, 0.4) is 0 Å². The van der Waals surface area contributed by atoms with Gasteiger partial charge in [-0.05, 0) is 71.7 Å². The van der Waals surface area contributed by atoms with Crippen LogP contribution in [0, 0.1) is 6.92 Å². The first-order valence-corrected chi connectivity index (χ1v) is 13.1. The Morgan fingerprint density at radius 3 is 1.57 bits per heavy atom. The molecule has 0 saturated heterocycles. The Labute approximate surface area is 245 Å². The number of ketones is 2. The Balaban J connectivity index is 1.79. The molecule has 4 aromatic carbocycles. The van der Waals surface area contributed by atoms with E-state index in [1.165, 1.54) is 25.3 Å². The van der Waals surface area contributed by atoms with E-state index in [0.717, 1.165) is 5.56 Å². The largest absolute Gasteiger partial charge is 0.507 e. The summed E-state index contributed by atoms with van der Waals surface area (Å²) in [5, 5.41) is 11.0. The lowest BCUT2D eigenvalue weighted by Gasteiger charge is -2.17. The van der Waals surface area contributed by atoms with Crippen molar-refractivity contribution in [3.63, 3.8) is 0 Å². The van der Waals surface area contributed by atoms with Gasteiger partial charge >= 0.3 is 0 Å². The van der Waals surface area contributed by atoms with Crippen molar-refractivity contribution in [2.75, 3.05) is 28.4 Å². The smallest absolute Gasteiger partial charge is 0.190 e. The molecule has 0 saturated carbocycles. The second-order valence-corrected chi connectivity index (χ2v) is 9.33. The topological polar surface area (TPSA) is 91.3 Å². The van der Waals surface area contributed by atoms with Crippen molar-refractivity contribution >= 4 is 23.7 Å². The minimum Gasteiger partial charge on any atom is -0.507 e. The highest BCUT2D eigenvalue weighted by molar-refractivity contribution is 6.19. The highest BCUT2D eigenvalue weighted by atomic mass is 16.5. The van der Waals surface area contributed by atoms with Crippen LogP contribution in [-0.4, -0.2) is 45.1 Å². The average molecular weight is 565 g/mol. The SMILES string of the molecule is COc1ccc(/C=C/C(=O)c2c(C)cc(O)c(C(=O)/C=C/c3ccc(OC)c(OC)c3)c2-c2ccccc2)cc1OC. The number of rotatable bonds is 11. The number of carbonyl (C=O) groups is 2. The predicted octanol–water partition coefficient (Wildman–Crippen LogP) is 7.19. The Bertz CT molecular complexity index is 1570. The lowest BCUT2D eigenvalue weighted by Crippen LogP contribution is -2.08. The second-order valence-electron chi connectivity index (χ2n) is 9.33. The molecular weight excluding hydrogens is 532 g/mol. The van der Waals surface area contributed by atoms with Crippen LogP contribution in [0.5, 0.6) is 28.7 Å². The summed E-state index contributed by atoms with van der Waals surface area (Å²) >= 11 is 0. The van der Waals surface area contributed by atoms with Gasteiger partial charge in [0.2, 0.25) is 0 Å². The summed E-state index contributed by atoms with van der Waals surface area (Å²) in [5.41, 5.74) is 3.30. The number of phenolic OH excluding ortho intramolecular Hbond substituents is 1. The summed E-state index contributed by atoms with van der Waals surface area (Å²) in [6.45, 7) is 1.73. The molecule has 0 unspecified atom stereocenters. The van der Waals surface area contributed by atoms with Gasteiger partial charge in [0.15, 0.2) is 34.6 Å². The number of ether oxygens (including phenoxy) is 4. The molecule has 214 valence electrons. The molecule has 0 heterocycles. The van der Waals surface area contributed by atoms with Crippen molar-refractivity contribution in [2.45, 2.75) is 6.92 Å². The monoisotopic (exact) mass is 564 g/mol. The molecular formula is C35H32O7. The number of aryl methyl sites for hydroxylation is 1. The molecule has 0 aliphatic heterocycles. The van der Waals surface area contributed by atoms with E-state index in [2.05, 4.69) is 0 Å². The highest BCUT2D eigenvalue weighted by Crippen LogP contribution is 2.38. The lowest BCUT2D eigenvalue weighted by molar-refractivity contribution is 0.104. The maximum atomic E-state index is 13.7. The number of hydrogen-bond acceptors (Lipinski definition) is 7. The van der Waals surface area contributed by atoms with Crippen molar-refractivity contribution in [1.29, 1.82) is 0 Å². The van der Waals surface area contributed by atoms with E-state index in [-0.39, 0.29) is 17.1 Å². The van der Waals surface area contributed by atoms with Crippen LogP contribution in [0.15, 0.2) is 84.9 Å². The molecule has 0 spiro atoms. The third-order valence-corrected chi connectivity index (χ3v) is 6.73. The molecule has 0 radical (unpaired) electrons. The molecule has 0 fully saturated rings. The first-order chi connectivity index (χ1) is 20.3. The first kappa shape index (κ1) is 29.7. The van der Waals surface area contributed by atoms with Gasteiger partial charge in [-0.15, -0.1) is 0 Å². The van der Waals surface area contributed by atoms with Crippen molar-refractivity contribution in [2.24, 2.45) is 0 Å². The second kappa shape index (κ2) is 13.4. The molecule has 4 rings (SSSR count). The lowest BCUT2D eigenvalue weighted by atomic mass is 9.86. The van der Waals surface area contributed by atoms with E-state index in [1.54, 1.807) is 88.9 Å². The van der Waals surface area contributed by atoms with Crippen LogP contribution in [0.1, 0.15) is 37.4 Å². The van der Waals surface area contributed by atoms with E-state index in [4.69, 9.17) is 18.9 Å². The molecule has 0 aliphatic rings. The van der Waals surface area contributed by atoms with Gasteiger partial charge in [-0.2, -0.15) is 0 Å². The maximum Gasteiger partial charge on any atom is 0.190 e. The zero-order valence-electron chi connectivity index (χ0n) is 24.1. The minimum absolute atomic E-state index is 0.0337. The molecule has 7 heteroatoms. The maximum absolute atomic E-state index is 13.7. The van der Waals surface area contributed by atoms with E-state index in [0.29, 0.717) is 50.8 Å². The summed E-state index contributed by atoms with van der Waals surface area (Å²) in [6, 6.07) is 21.1. The first-order valence-electron chi connectivity index (χ1n) is 13.1. The third kappa shape index (κ3) is 6.36. The Morgan fingerprint density at radius 2 is 1.10 bits per heavy atom. The Morgan fingerprint density at radius 1 is 0.619 bits per heavy atom. The summed E-state index contributed by atoms with van der Waals surface area (Å²) in [5.74, 6) is 1.20. The number of phenols is 1. The molecule has 4 aromatic rings. The van der Waals surface area contributed by atoms with E-state index >= 15 is 0 Å². The number of benzene rings is 4. The summed E-state index contributed by atoms with van der Waals surface area (Å²) in [6.07, 6.45) is 6.10. The molecule has 0 aromatic heterocycles. The van der Waals surface area contributed by atoms with Gasteiger partial charge in [-0.1, -0.05) is 54.6 Å². The molecule has 42 heavy (non-hydrogen) atoms. The van der Waals surface area contributed by atoms with Gasteiger partial charge in [0.1, 0.15) is 5.75 Å². The summed E-state index contributed by atoms with van der Waals surface area (Å²) in [7, 11) is 6.17. The van der Waals surface area contributed by atoms with Crippen LogP contribution in [0.25, 0.3) is 23.3 Å². The van der Waals surface area contributed by atoms with Crippen molar-refractivity contribution < 1.29 is 33.6 Å². The number of methoxy groups -OCH3 is 4. The summed E-state index contributed by atoms with van der Waals surface area (Å²) in [4.78, 5) is 27.4. The molecule has 0 atom stereocenters. The molecule has 1 N–H and O–H groups in total. The highest BCUT2D eigenvalue weighted by Gasteiger charge is 2.24. The number of aromatic hydroxyl groups is 1. The fourth-order valence-corrected chi connectivity index (χ4v) is 4.68. The van der Waals surface area contributed by atoms with E-state index in [1.807, 2.05) is 18.2 Å². The van der Waals surface area contributed by atoms with Crippen molar-refractivity contribution in [3.05, 3.63) is 113 Å². The van der Waals surface area contributed by atoms with Crippen molar-refractivity contribution in [3.8, 4) is 39.9 Å². The normalized spacial score (nSPS) is 11.1. The minimum atomic E-state index is -0.459. The van der Waals surface area contributed by atoms with Gasteiger partial charge < -0.3 is 24.1 Å². The number of carbonyl (C=O) groups excluding carboxylic acids is 2. The third-order valence-electron chi connectivity index (χ3n) is 6.73. The van der Waals surface area contributed by atoms with Crippen molar-refractivity contribution in [1.82, 2.24) is 0 Å². The molecule has 0 amide bonds. The average Bonchev–Trinajstić information content (AvgIpc) is 3.02. The predicted molar refractivity (Wildman–Crippen MR) is 164 cm³/mol. The van der Waals surface area contributed by atoms with E-state index in [9.17, 15) is 14.7 Å². The van der Waals surface area contributed by atoms with E-state index < -0.39 is 5.78 Å². The zero-order chi connectivity index (χ0) is 30.2. The quantitative estimate of drug-likeness (QED) is 0.152. The van der Waals surface area contributed by atoms with Gasteiger partial charge in [0, 0.05) is 11.1 Å². The van der Waals surface area contributed by atoms with Crippen LogP contribution in [0.4, 0.5) is 0 Å². The molecule has 0 aliphatic carbocycles. The Kier molecular flexibility index (Phi) is 9.45. The number of hydrogen-bond donors (Lipinski definition) is 1. The zero-order valence-corrected chi connectivity index (χ0v) is 24.1. The fourth-order valence-electron chi connectivity index (χ4n) is 4.68. The summed E-state index contributed by atoms with van der Waals surface area (Å²) < 4.78 is 21.3. The number of allylic oxidation sites excluding steroid dienone is 2. The van der Waals surface area contributed by atoms with Gasteiger partial charge in [-0.3, -0.25) is 9.59 Å². The molecule has 0 bridgehead atoms. The standard InChI is InChI=1S/C35H32O7/c1-22-19-28(38)35(27(37)16-12-24-14-18-30(40-3)32(21-24)42-5)34(25-9-7-6-8-10-25)33(22)26(36)15-11-23-13-17-29(39-2)31(20-23)41-4/h6-21,38H,1-5H3/b15-11+,16-12+. The van der Waals surface area contributed by atoms with Gasteiger partial charge in [0.25, 0.3) is 0 Å². The molecule has 7 nitrogen and oxygen atoms in total. The van der Waals surface area contributed by atoms with Crippen LogP contribution in [-0.2, 0) is 0 Å². The Hall–Kier alpha value is -5.30. The van der Waals surface area contributed by atoms with Gasteiger partial charge in [0.05, 0.1) is 34.0 Å².